The van der Waals surface area contributed by atoms with Gasteiger partial charge in [0.15, 0.2) is 0 Å². The van der Waals surface area contributed by atoms with Crippen LogP contribution < -0.4 is 10.9 Å². The third kappa shape index (κ3) is 3.27. The number of carbonyl (C=O) groups excluding carboxylic acids is 1. The van der Waals surface area contributed by atoms with Crippen LogP contribution >= 0.6 is 0 Å². The zero-order valence-electron chi connectivity index (χ0n) is 12.0. The Bertz CT molecular complexity index is 756. The topological polar surface area (TPSA) is 114 Å². The van der Waals surface area contributed by atoms with Crippen LogP contribution in [0.1, 0.15) is 25.8 Å². The van der Waals surface area contributed by atoms with E-state index in [0.717, 1.165) is 4.68 Å². The lowest BCUT2D eigenvalue weighted by Gasteiger charge is -2.16. The summed E-state index contributed by atoms with van der Waals surface area (Å²) < 4.78 is 1.02. The summed E-state index contributed by atoms with van der Waals surface area (Å²) in [5, 5.41) is 19.0. The van der Waals surface area contributed by atoms with E-state index in [1.54, 1.807) is 24.3 Å². The number of carboxylic acid groups (broad SMARTS) is 1. The van der Waals surface area contributed by atoms with Crippen LogP contribution in [0.2, 0.25) is 0 Å². The minimum Gasteiger partial charge on any atom is -0.480 e. The van der Waals surface area contributed by atoms with Gasteiger partial charge in [0.05, 0.1) is 5.39 Å². The molecule has 0 aliphatic carbocycles. The molecule has 1 heterocycles. The average molecular weight is 304 g/mol. The molecule has 8 heteroatoms. The van der Waals surface area contributed by atoms with Gasteiger partial charge >= 0.3 is 5.97 Å². The SMILES string of the molecule is CCC[C@@H](C(=O)NCC(=O)O)n1nnc2ccccc2c1=O. The van der Waals surface area contributed by atoms with Crippen LogP contribution in [-0.2, 0) is 9.59 Å². The monoisotopic (exact) mass is 304 g/mol. The molecule has 2 rings (SSSR count). The number of benzene rings is 1. The fraction of sp³-hybridized carbons (Fsp3) is 0.357. The van der Waals surface area contributed by atoms with Crippen molar-refractivity contribution in [1.82, 2.24) is 20.3 Å². The molecule has 0 fully saturated rings. The number of fused-ring (bicyclic) bond motifs is 1. The Labute approximate surface area is 125 Å². The van der Waals surface area contributed by atoms with Gasteiger partial charge in [-0.25, -0.2) is 0 Å². The summed E-state index contributed by atoms with van der Waals surface area (Å²) in [6, 6.07) is 5.84. The van der Waals surface area contributed by atoms with Crippen LogP contribution in [0.3, 0.4) is 0 Å². The maximum absolute atomic E-state index is 12.5. The average Bonchev–Trinajstić information content (AvgIpc) is 2.51. The van der Waals surface area contributed by atoms with Crippen LogP contribution in [0, 0.1) is 0 Å². The van der Waals surface area contributed by atoms with Gasteiger partial charge in [-0.3, -0.25) is 14.4 Å². The lowest BCUT2D eigenvalue weighted by Crippen LogP contribution is -2.40. The summed E-state index contributed by atoms with van der Waals surface area (Å²) in [5.41, 5.74) is 0.0273. The molecule has 1 amide bonds. The first kappa shape index (κ1) is 15.6. The van der Waals surface area contributed by atoms with Gasteiger partial charge in [0.2, 0.25) is 5.91 Å². The third-order valence-corrected chi connectivity index (χ3v) is 3.17. The first-order valence-electron chi connectivity index (χ1n) is 6.88. The van der Waals surface area contributed by atoms with Gasteiger partial charge in [0, 0.05) is 0 Å². The largest absolute Gasteiger partial charge is 0.480 e. The summed E-state index contributed by atoms with van der Waals surface area (Å²) in [5.74, 6) is -1.71. The number of amides is 1. The smallest absolute Gasteiger partial charge is 0.322 e. The molecule has 22 heavy (non-hydrogen) atoms. The lowest BCUT2D eigenvalue weighted by atomic mass is 10.1. The first-order valence-corrected chi connectivity index (χ1v) is 6.88. The van der Waals surface area contributed by atoms with Gasteiger partial charge in [-0.05, 0) is 18.6 Å². The lowest BCUT2D eigenvalue weighted by molar-refractivity contribution is -0.138. The Hall–Kier alpha value is -2.77. The Balaban J connectivity index is 2.40. The second-order valence-electron chi connectivity index (χ2n) is 4.77. The van der Waals surface area contributed by atoms with Crippen LogP contribution in [-0.4, -0.2) is 38.5 Å². The number of hydrogen-bond donors (Lipinski definition) is 2. The van der Waals surface area contributed by atoms with Crippen molar-refractivity contribution in [1.29, 1.82) is 0 Å². The number of nitrogens with one attached hydrogen (secondary N) is 1. The molecule has 0 aliphatic rings. The fourth-order valence-electron chi connectivity index (χ4n) is 2.12. The molecular formula is C14H16N4O4. The van der Waals surface area contributed by atoms with E-state index in [1.165, 1.54) is 0 Å². The summed E-state index contributed by atoms with van der Waals surface area (Å²) in [7, 11) is 0. The zero-order valence-corrected chi connectivity index (χ0v) is 12.0. The van der Waals surface area contributed by atoms with Crippen molar-refractivity contribution >= 4 is 22.8 Å². The second-order valence-corrected chi connectivity index (χ2v) is 4.77. The standard InChI is InChI=1S/C14H16N4O4/c1-2-5-11(13(21)15-8-12(19)20)18-14(22)9-6-3-4-7-10(9)16-17-18/h3-4,6-7,11H,2,5,8H2,1H3,(H,15,21)(H,19,20)/t11-/m0/s1. The molecule has 1 aromatic heterocycles. The maximum Gasteiger partial charge on any atom is 0.322 e. The normalized spacial score (nSPS) is 12.0. The molecule has 2 N–H and O–H groups in total. The van der Waals surface area contributed by atoms with Crippen molar-refractivity contribution in [2.24, 2.45) is 0 Å². The summed E-state index contributed by atoms with van der Waals surface area (Å²) >= 11 is 0. The quantitative estimate of drug-likeness (QED) is 0.795. The van der Waals surface area contributed by atoms with Crippen molar-refractivity contribution in [3.63, 3.8) is 0 Å². The molecule has 0 bridgehead atoms. The van der Waals surface area contributed by atoms with Crippen molar-refractivity contribution in [3.8, 4) is 0 Å². The van der Waals surface area contributed by atoms with Crippen LogP contribution in [0.5, 0.6) is 0 Å². The first-order chi connectivity index (χ1) is 10.5. The highest BCUT2D eigenvalue weighted by molar-refractivity contribution is 5.84. The minimum atomic E-state index is -1.15. The van der Waals surface area contributed by atoms with Crippen molar-refractivity contribution < 1.29 is 14.7 Å². The molecular weight excluding hydrogens is 288 g/mol. The molecule has 0 spiro atoms. The molecule has 0 saturated carbocycles. The van der Waals surface area contributed by atoms with Crippen LogP contribution in [0.4, 0.5) is 0 Å². The predicted octanol–water partition coefficient (Wildman–Crippen LogP) is 0.333. The Morgan fingerprint density at radius 1 is 1.36 bits per heavy atom. The van der Waals surface area contributed by atoms with Gasteiger partial charge in [-0.2, -0.15) is 4.68 Å². The van der Waals surface area contributed by atoms with Gasteiger partial charge < -0.3 is 10.4 Å². The number of carboxylic acids is 1. The van der Waals surface area contributed by atoms with E-state index in [1.807, 2.05) is 6.92 Å². The van der Waals surface area contributed by atoms with Gasteiger partial charge in [0.25, 0.3) is 5.56 Å². The van der Waals surface area contributed by atoms with Gasteiger partial charge in [-0.15, -0.1) is 5.10 Å². The molecule has 0 unspecified atom stereocenters. The number of hydrogen-bond acceptors (Lipinski definition) is 5. The number of rotatable bonds is 6. The molecule has 0 radical (unpaired) electrons. The molecule has 0 aliphatic heterocycles. The molecule has 116 valence electrons. The number of aromatic nitrogens is 3. The number of aliphatic carboxylic acids is 1. The summed E-state index contributed by atoms with van der Waals surface area (Å²) in [6.45, 7) is 1.35. The van der Waals surface area contributed by atoms with Crippen LogP contribution in [0.15, 0.2) is 29.1 Å². The van der Waals surface area contributed by atoms with Gasteiger partial charge in [-0.1, -0.05) is 30.7 Å². The number of carbonyl (C=O) groups is 2. The van der Waals surface area contributed by atoms with E-state index in [-0.39, 0.29) is 0 Å². The van der Waals surface area contributed by atoms with E-state index in [0.29, 0.717) is 23.7 Å². The Morgan fingerprint density at radius 3 is 2.77 bits per heavy atom. The molecule has 0 saturated heterocycles. The Morgan fingerprint density at radius 2 is 2.09 bits per heavy atom. The summed E-state index contributed by atoms with van der Waals surface area (Å²) in [4.78, 5) is 35.1. The highest BCUT2D eigenvalue weighted by Crippen LogP contribution is 2.12. The van der Waals surface area contributed by atoms with E-state index in [4.69, 9.17) is 5.11 Å². The van der Waals surface area contributed by atoms with E-state index < -0.39 is 30.0 Å². The van der Waals surface area contributed by atoms with Crippen LogP contribution in [0.25, 0.3) is 10.9 Å². The highest BCUT2D eigenvalue weighted by atomic mass is 16.4. The number of nitrogens with zero attached hydrogens (tertiary/aromatic N) is 3. The third-order valence-electron chi connectivity index (χ3n) is 3.17. The Kier molecular flexibility index (Phi) is 4.82. The molecule has 1 atom stereocenters. The van der Waals surface area contributed by atoms with Crippen molar-refractivity contribution in [2.75, 3.05) is 6.54 Å². The maximum atomic E-state index is 12.5. The van der Waals surface area contributed by atoms with E-state index in [9.17, 15) is 14.4 Å². The fourth-order valence-corrected chi connectivity index (χ4v) is 2.12. The highest BCUT2D eigenvalue weighted by Gasteiger charge is 2.23. The molecule has 1 aromatic carbocycles. The van der Waals surface area contributed by atoms with E-state index >= 15 is 0 Å². The van der Waals surface area contributed by atoms with E-state index in [2.05, 4.69) is 15.6 Å². The summed E-state index contributed by atoms with van der Waals surface area (Å²) in [6.07, 6.45) is 0.991. The van der Waals surface area contributed by atoms with Crippen molar-refractivity contribution in [2.45, 2.75) is 25.8 Å². The zero-order chi connectivity index (χ0) is 16.1. The predicted molar refractivity (Wildman–Crippen MR) is 78.4 cm³/mol. The minimum absolute atomic E-state index is 0.360. The molecule has 8 nitrogen and oxygen atoms in total. The molecule has 2 aromatic rings. The second kappa shape index (κ2) is 6.79. The van der Waals surface area contributed by atoms with Gasteiger partial charge in [0.1, 0.15) is 18.1 Å². The van der Waals surface area contributed by atoms with Crippen molar-refractivity contribution in [3.05, 3.63) is 34.6 Å².